The van der Waals surface area contributed by atoms with E-state index in [9.17, 15) is 9.59 Å². The van der Waals surface area contributed by atoms with Crippen molar-refractivity contribution in [2.24, 2.45) is 0 Å². The van der Waals surface area contributed by atoms with Crippen molar-refractivity contribution in [2.45, 2.75) is 0 Å². The summed E-state index contributed by atoms with van der Waals surface area (Å²) in [6.07, 6.45) is 0. The Bertz CT molecular complexity index is 1330. The number of carbonyl (C=O) groups excluding carboxylic acids is 2. The van der Waals surface area contributed by atoms with Gasteiger partial charge in [-0.05, 0) is 30.3 Å². The molecule has 178 valence electrons. The van der Waals surface area contributed by atoms with Gasteiger partial charge >= 0.3 is 0 Å². The summed E-state index contributed by atoms with van der Waals surface area (Å²) in [5.74, 6) is 0.426. The molecule has 9 nitrogen and oxygen atoms in total. The lowest BCUT2D eigenvalue weighted by Crippen LogP contribution is -2.20. The van der Waals surface area contributed by atoms with Crippen LogP contribution in [0, 0.1) is 0 Å². The van der Waals surface area contributed by atoms with Crippen LogP contribution in [0.15, 0.2) is 72.8 Å². The van der Waals surface area contributed by atoms with Crippen LogP contribution in [-0.4, -0.2) is 42.8 Å². The van der Waals surface area contributed by atoms with Crippen molar-refractivity contribution < 1.29 is 23.8 Å². The summed E-state index contributed by atoms with van der Waals surface area (Å²) in [7, 11) is 2.98. The molecule has 4 rings (SSSR count). The second kappa shape index (κ2) is 11.1. The van der Waals surface area contributed by atoms with E-state index in [0.29, 0.717) is 38.6 Å². The first kappa shape index (κ1) is 23.7. The number of nitrogens with zero attached hydrogens (tertiary/aromatic N) is 2. The van der Waals surface area contributed by atoms with Crippen molar-refractivity contribution >= 4 is 34.0 Å². The summed E-state index contributed by atoms with van der Waals surface area (Å²) in [4.78, 5) is 25.1. The third kappa shape index (κ3) is 5.92. The number of nitrogens with one attached hydrogen (secondary N) is 2. The third-order valence-electron chi connectivity index (χ3n) is 4.83. The minimum absolute atomic E-state index is 0.257. The molecule has 35 heavy (non-hydrogen) atoms. The van der Waals surface area contributed by atoms with Crippen molar-refractivity contribution in [1.29, 1.82) is 0 Å². The van der Waals surface area contributed by atoms with Crippen molar-refractivity contribution in [1.82, 2.24) is 10.2 Å². The Morgan fingerprint density at radius 3 is 2.34 bits per heavy atom. The maximum absolute atomic E-state index is 12.7. The highest BCUT2D eigenvalue weighted by molar-refractivity contribution is 7.18. The number of para-hydroxylation sites is 2. The zero-order valence-corrected chi connectivity index (χ0v) is 19.8. The number of hydrogen-bond acceptors (Lipinski definition) is 8. The molecule has 1 heterocycles. The topological polar surface area (TPSA) is 112 Å². The first-order chi connectivity index (χ1) is 17.1. The fourth-order valence-electron chi connectivity index (χ4n) is 3.15. The summed E-state index contributed by atoms with van der Waals surface area (Å²) < 4.78 is 16.2. The minimum Gasteiger partial charge on any atom is -0.495 e. The van der Waals surface area contributed by atoms with E-state index in [1.54, 1.807) is 36.4 Å². The van der Waals surface area contributed by atoms with Gasteiger partial charge < -0.3 is 19.5 Å². The Hall–Kier alpha value is -4.44. The first-order valence-electron chi connectivity index (χ1n) is 10.5. The molecule has 0 bridgehead atoms. The fraction of sp³-hybridized carbons (Fsp3) is 0.120. The Morgan fingerprint density at radius 1 is 0.829 bits per heavy atom. The number of amides is 2. The number of methoxy groups -OCH3 is 2. The predicted molar refractivity (Wildman–Crippen MR) is 133 cm³/mol. The van der Waals surface area contributed by atoms with Crippen molar-refractivity contribution in [3.63, 3.8) is 0 Å². The van der Waals surface area contributed by atoms with Gasteiger partial charge in [0.25, 0.3) is 11.8 Å². The quantitative estimate of drug-likeness (QED) is 0.355. The van der Waals surface area contributed by atoms with Crippen LogP contribution < -0.4 is 24.8 Å². The van der Waals surface area contributed by atoms with E-state index in [-0.39, 0.29) is 18.4 Å². The van der Waals surface area contributed by atoms with Crippen LogP contribution in [0.25, 0.3) is 10.6 Å². The molecule has 0 saturated carbocycles. The molecule has 0 radical (unpaired) electrons. The first-order valence-corrected chi connectivity index (χ1v) is 11.3. The molecule has 4 aromatic rings. The zero-order chi connectivity index (χ0) is 24.6. The number of aromatic nitrogens is 2. The van der Waals surface area contributed by atoms with E-state index in [1.165, 1.54) is 31.6 Å². The summed E-state index contributed by atoms with van der Waals surface area (Å²) in [6.45, 7) is -0.257. The maximum atomic E-state index is 12.7. The van der Waals surface area contributed by atoms with E-state index in [1.807, 2.05) is 30.3 Å². The van der Waals surface area contributed by atoms with E-state index in [2.05, 4.69) is 20.8 Å². The minimum atomic E-state index is -0.375. The molecule has 0 fully saturated rings. The number of carbonyl (C=O) groups is 2. The molecule has 2 N–H and O–H groups in total. The SMILES string of the molecule is COc1ccccc1NC(=O)COc1ccc(C(=O)Nc2nnc(-c3ccccc3)s2)cc1OC. The second-order valence-electron chi connectivity index (χ2n) is 7.14. The molecule has 0 spiro atoms. The molecule has 0 aliphatic rings. The van der Waals surface area contributed by atoms with Crippen LogP contribution in [-0.2, 0) is 4.79 Å². The summed E-state index contributed by atoms with van der Waals surface area (Å²) in [5, 5.41) is 14.7. The summed E-state index contributed by atoms with van der Waals surface area (Å²) in [6, 6.07) is 21.3. The normalized spacial score (nSPS) is 10.3. The molecule has 0 aliphatic heterocycles. The van der Waals surface area contributed by atoms with Gasteiger partial charge in [-0.3, -0.25) is 14.9 Å². The van der Waals surface area contributed by atoms with Gasteiger partial charge in [-0.15, -0.1) is 10.2 Å². The lowest BCUT2D eigenvalue weighted by Gasteiger charge is -2.13. The van der Waals surface area contributed by atoms with Crippen LogP contribution in [0.1, 0.15) is 10.4 Å². The molecule has 0 aliphatic carbocycles. The monoisotopic (exact) mass is 490 g/mol. The van der Waals surface area contributed by atoms with Crippen LogP contribution >= 0.6 is 11.3 Å². The van der Waals surface area contributed by atoms with Crippen molar-refractivity contribution in [3.05, 3.63) is 78.4 Å². The Morgan fingerprint density at radius 2 is 1.57 bits per heavy atom. The lowest BCUT2D eigenvalue weighted by molar-refractivity contribution is -0.118. The summed E-state index contributed by atoms with van der Waals surface area (Å²) in [5.41, 5.74) is 1.79. The molecule has 0 saturated heterocycles. The summed E-state index contributed by atoms with van der Waals surface area (Å²) >= 11 is 1.27. The number of rotatable bonds is 9. The molecular formula is C25H22N4O5S. The Labute approximate surface area is 205 Å². The van der Waals surface area contributed by atoms with E-state index < -0.39 is 0 Å². The highest BCUT2D eigenvalue weighted by Crippen LogP contribution is 2.30. The average Bonchev–Trinajstić information content (AvgIpc) is 3.36. The predicted octanol–water partition coefficient (Wildman–Crippen LogP) is 4.49. The molecule has 0 atom stereocenters. The number of ether oxygens (including phenoxy) is 3. The van der Waals surface area contributed by atoms with Crippen LogP contribution in [0.4, 0.5) is 10.8 Å². The average molecular weight is 491 g/mol. The van der Waals surface area contributed by atoms with Crippen LogP contribution in [0.3, 0.4) is 0 Å². The van der Waals surface area contributed by atoms with Crippen molar-refractivity contribution in [3.8, 4) is 27.8 Å². The number of hydrogen-bond donors (Lipinski definition) is 2. The Balaban J connectivity index is 1.38. The van der Waals surface area contributed by atoms with Gasteiger partial charge in [-0.1, -0.05) is 53.8 Å². The molecule has 10 heteroatoms. The standard InChI is InChI=1S/C25H22N4O5S/c1-32-19-11-7-6-10-18(19)26-22(30)15-34-20-13-12-17(14-21(20)33-2)23(31)27-25-29-28-24(35-25)16-8-4-3-5-9-16/h3-14H,15H2,1-2H3,(H,26,30)(H,27,29,31). The lowest BCUT2D eigenvalue weighted by atomic mass is 10.2. The molecule has 0 unspecified atom stereocenters. The van der Waals surface area contributed by atoms with Crippen LogP contribution in [0.5, 0.6) is 17.2 Å². The van der Waals surface area contributed by atoms with Gasteiger partial charge in [0, 0.05) is 11.1 Å². The highest BCUT2D eigenvalue weighted by atomic mass is 32.1. The van der Waals surface area contributed by atoms with E-state index in [0.717, 1.165) is 5.56 Å². The van der Waals surface area contributed by atoms with E-state index in [4.69, 9.17) is 14.2 Å². The third-order valence-corrected chi connectivity index (χ3v) is 5.72. The largest absolute Gasteiger partial charge is 0.495 e. The molecule has 2 amide bonds. The maximum Gasteiger partial charge on any atom is 0.262 e. The smallest absolute Gasteiger partial charge is 0.262 e. The number of benzene rings is 3. The van der Waals surface area contributed by atoms with Gasteiger partial charge in [0.1, 0.15) is 10.8 Å². The molecule has 3 aromatic carbocycles. The fourth-order valence-corrected chi connectivity index (χ4v) is 3.89. The highest BCUT2D eigenvalue weighted by Gasteiger charge is 2.15. The van der Waals surface area contributed by atoms with Gasteiger partial charge in [0.2, 0.25) is 5.13 Å². The second-order valence-corrected chi connectivity index (χ2v) is 8.11. The molecular weight excluding hydrogens is 468 g/mol. The van der Waals surface area contributed by atoms with Gasteiger partial charge in [0.05, 0.1) is 19.9 Å². The Kier molecular flexibility index (Phi) is 7.53. The van der Waals surface area contributed by atoms with Crippen molar-refractivity contribution in [2.75, 3.05) is 31.5 Å². The zero-order valence-electron chi connectivity index (χ0n) is 19.0. The van der Waals surface area contributed by atoms with Gasteiger partial charge in [-0.2, -0.15) is 0 Å². The van der Waals surface area contributed by atoms with E-state index >= 15 is 0 Å². The number of anilines is 2. The molecule has 1 aromatic heterocycles. The van der Waals surface area contributed by atoms with Crippen LogP contribution in [0.2, 0.25) is 0 Å². The van der Waals surface area contributed by atoms with Gasteiger partial charge in [0.15, 0.2) is 18.1 Å². The van der Waals surface area contributed by atoms with Gasteiger partial charge in [-0.25, -0.2) is 0 Å².